The minimum atomic E-state index is -2.53. The van der Waals surface area contributed by atoms with Crippen molar-refractivity contribution < 1.29 is 8.78 Å². The van der Waals surface area contributed by atoms with E-state index in [1.807, 2.05) is 0 Å². The first-order chi connectivity index (χ1) is 5.52. The number of pyridine rings is 1. The first kappa shape index (κ1) is 9.63. The second-order valence-electron chi connectivity index (χ2n) is 2.34. The lowest BCUT2D eigenvalue weighted by atomic mass is 10.2. The zero-order chi connectivity index (χ0) is 9.30. The Labute approximate surface area is 81.1 Å². The summed E-state index contributed by atoms with van der Waals surface area (Å²) >= 11 is 1.69. The quantitative estimate of drug-likeness (QED) is 0.623. The van der Waals surface area contributed by atoms with E-state index in [0.29, 0.717) is 5.56 Å². The van der Waals surface area contributed by atoms with Crippen LogP contribution in [0.1, 0.15) is 17.6 Å². The number of nitrogens with one attached hydrogen (secondary N) is 1. The summed E-state index contributed by atoms with van der Waals surface area (Å²) in [5.41, 5.74) is -0.102. The van der Waals surface area contributed by atoms with E-state index in [1.54, 1.807) is 22.6 Å². The lowest BCUT2D eigenvalue weighted by Gasteiger charge is -2.05. The van der Waals surface area contributed by atoms with Crippen molar-refractivity contribution in [1.82, 2.24) is 4.98 Å². The fraction of sp³-hybridized carbons (Fsp3) is 0.286. The van der Waals surface area contributed by atoms with E-state index in [9.17, 15) is 13.6 Å². The summed E-state index contributed by atoms with van der Waals surface area (Å²) in [6.45, 7) is 1.50. The molecule has 2 nitrogen and oxygen atoms in total. The Hall–Kier alpha value is -0.460. The van der Waals surface area contributed by atoms with Gasteiger partial charge in [-0.1, -0.05) is 0 Å². The van der Waals surface area contributed by atoms with Crippen molar-refractivity contribution in [1.29, 1.82) is 0 Å². The lowest BCUT2D eigenvalue weighted by molar-refractivity contribution is 0.149. The van der Waals surface area contributed by atoms with Crippen molar-refractivity contribution >= 4 is 22.6 Å². The van der Waals surface area contributed by atoms with E-state index in [-0.39, 0.29) is 14.8 Å². The van der Waals surface area contributed by atoms with Crippen molar-refractivity contribution in [3.8, 4) is 0 Å². The number of halogens is 3. The monoisotopic (exact) mass is 285 g/mol. The highest BCUT2D eigenvalue weighted by Crippen LogP contribution is 2.24. The standard InChI is InChI=1S/C7H6F2INO/c1-3-2-4(12)11-7(10)5(3)6(8)9/h2,6H,1H3,(H,11,12). The van der Waals surface area contributed by atoms with Gasteiger partial charge in [-0.05, 0) is 35.1 Å². The molecule has 1 aromatic heterocycles. The molecule has 12 heavy (non-hydrogen) atoms. The fourth-order valence-corrected chi connectivity index (χ4v) is 1.85. The molecule has 66 valence electrons. The third-order valence-corrected chi connectivity index (χ3v) is 2.31. The van der Waals surface area contributed by atoms with Crippen molar-refractivity contribution in [3.63, 3.8) is 0 Å². The number of rotatable bonds is 1. The van der Waals surface area contributed by atoms with E-state index in [0.717, 1.165) is 0 Å². The molecule has 0 aliphatic heterocycles. The van der Waals surface area contributed by atoms with Gasteiger partial charge in [0.1, 0.15) is 0 Å². The number of H-pyrrole nitrogens is 1. The Morgan fingerprint density at radius 2 is 2.17 bits per heavy atom. The molecule has 0 fully saturated rings. The molecule has 0 aliphatic rings. The van der Waals surface area contributed by atoms with E-state index >= 15 is 0 Å². The van der Waals surface area contributed by atoms with Crippen LogP contribution in [-0.2, 0) is 0 Å². The Morgan fingerprint density at radius 1 is 1.58 bits per heavy atom. The molecule has 0 aliphatic carbocycles. The van der Waals surface area contributed by atoms with Gasteiger partial charge in [-0.3, -0.25) is 4.79 Å². The number of hydrogen-bond donors (Lipinski definition) is 1. The molecule has 0 saturated carbocycles. The molecule has 0 amide bonds. The largest absolute Gasteiger partial charge is 0.317 e. The van der Waals surface area contributed by atoms with Crippen LogP contribution in [0.2, 0.25) is 0 Å². The molecule has 1 heterocycles. The average Bonchev–Trinajstić information content (AvgIpc) is 1.82. The van der Waals surface area contributed by atoms with Gasteiger partial charge < -0.3 is 4.98 Å². The van der Waals surface area contributed by atoms with Crippen molar-refractivity contribution in [2.45, 2.75) is 13.3 Å². The topological polar surface area (TPSA) is 32.9 Å². The molecule has 0 unspecified atom stereocenters. The van der Waals surface area contributed by atoms with Gasteiger partial charge in [0, 0.05) is 6.07 Å². The van der Waals surface area contributed by atoms with E-state index in [4.69, 9.17) is 0 Å². The van der Waals surface area contributed by atoms with Crippen LogP contribution in [0, 0.1) is 10.6 Å². The Kier molecular flexibility index (Phi) is 2.81. The van der Waals surface area contributed by atoms with Crippen molar-refractivity contribution in [3.05, 3.63) is 31.2 Å². The summed E-state index contributed by atoms with van der Waals surface area (Å²) in [5.74, 6) is 0. The minimum absolute atomic E-state index is 0.0878. The summed E-state index contributed by atoms with van der Waals surface area (Å²) < 4.78 is 24.8. The summed E-state index contributed by atoms with van der Waals surface area (Å²) in [5, 5.41) is 0. The molecule has 0 spiro atoms. The zero-order valence-corrected chi connectivity index (χ0v) is 8.35. The second-order valence-corrected chi connectivity index (χ2v) is 3.42. The summed E-state index contributed by atoms with van der Waals surface area (Å²) in [7, 11) is 0. The third-order valence-electron chi connectivity index (χ3n) is 1.46. The van der Waals surface area contributed by atoms with Gasteiger partial charge in [-0.25, -0.2) is 8.78 Å². The van der Waals surface area contributed by atoms with Gasteiger partial charge in [0.25, 0.3) is 6.43 Å². The number of aryl methyl sites for hydroxylation is 1. The second kappa shape index (κ2) is 3.51. The van der Waals surface area contributed by atoms with Crippen molar-refractivity contribution in [2.75, 3.05) is 0 Å². The summed E-state index contributed by atoms with van der Waals surface area (Å²) in [6, 6.07) is 1.17. The molecular weight excluding hydrogens is 279 g/mol. The van der Waals surface area contributed by atoms with Gasteiger partial charge in [0.15, 0.2) is 0 Å². The summed E-state index contributed by atoms with van der Waals surface area (Å²) in [4.78, 5) is 13.1. The van der Waals surface area contributed by atoms with Gasteiger partial charge in [0.05, 0.1) is 9.26 Å². The highest BCUT2D eigenvalue weighted by Gasteiger charge is 2.15. The highest BCUT2D eigenvalue weighted by atomic mass is 127. The Bertz CT molecular complexity index is 321. The molecule has 0 radical (unpaired) electrons. The van der Waals surface area contributed by atoms with E-state index in [1.165, 1.54) is 13.0 Å². The number of hydrogen-bond acceptors (Lipinski definition) is 1. The number of alkyl halides is 2. The SMILES string of the molecule is Cc1cc(=O)[nH]c(I)c1C(F)F. The smallest absolute Gasteiger partial charge is 0.266 e. The van der Waals surface area contributed by atoms with Gasteiger partial charge in [0.2, 0.25) is 5.56 Å². The van der Waals surface area contributed by atoms with Gasteiger partial charge >= 0.3 is 0 Å². The van der Waals surface area contributed by atoms with Crippen LogP contribution in [0.5, 0.6) is 0 Å². The van der Waals surface area contributed by atoms with E-state index < -0.39 is 6.43 Å². The predicted octanol–water partition coefficient (Wildman–Crippen LogP) is 2.23. The molecule has 1 N–H and O–H groups in total. The van der Waals surface area contributed by atoms with Crippen LogP contribution < -0.4 is 5.56 Å². The minimum Gasteiger partial charge on any atom is -0.317 e. The molecule has 0 saturated heterocycles. The van der Waals surface area contributed by atoms with Crippen LogP contribution >= 0.6 is 22.6 Å². The number of aromatic amines is 1. The normalized spacial score (nSPS) is 10.8. The van der Waals surface area contributed by atoms with E-state index in [2.05, 4.69) is 4.98 Å². The maximum atomic E-state index is 12.3. The molecule has 1 rings (SSSR count). The Balaban J connectivity index is 3.38. The van der Waals surface area contributed by atoms with Crippen LogP contribution in [0.15, 0.2) is 10.9 Å². The zero-order valence-electron chi connectivity index (χ0n) is 6.20. The number of aromatic nitrogens is 1. The molecule has 0 aromatic carbocycles. The summed E-state index contributed by atoms with van der Waals surface area (Å²) in [6.07, 6.45) is -2.53. The molecular formula is C7H6F2INO. The Morgan fingerprint density at radius 3 is 2.58 bits per heavy atom. The average molecular weight is 285 g/mol. The fourth-order valence-electron chi connectivity index (χ4n) is 0.927. The van der Waals surface area contributed by atoms with Gasteiger partial charge in [-0.15, -0.1) is 0 Å². The van der Waals surface area contributed by atoms with Gasteiger partial charge in [-0.2, -0.15) is 0 Å². The maximum Gasteiger partial charge on any atom is 0.266 e. The first-order valence-corrected chi connectivity index (χ1v) is 4.27. The third kappa shape index (κ3) is 1.82. The van der Waals surface area contributed by atoms with Crippen LogP contribution in [0.3, 0.4) is 0 Å². The maximum absolute atomic E-state index is 12.3. The lowest BCUT2D eigenvalue weighted by Crippen LogP contribution is -2.10. The molecule has 0 atom stereocenters. The van der Waals surface area contributed by atoms with Crippen molar-refractivity contribution in [2.24, 2.45) is 0 Å². The highest BCUT2D eigenvalue weighted by molar-refractivity contribution is 14.1. The van der Waals surface area contributed by atoms with Crippen LogP contribution in [0.25, 0.3) is 0 Å². The molecule has 0 bridgehead atoms. The first-order valence-electron chi connectivity index (χ1n) is 3.20. The van der Waals surface area contributed by atoms with Crippen LogP contribution in [-0.4, -0.2) is 4.98 Å². The molecule has 5 heteroatoms. The van der Waals surface area contributed by atoms with Crippen LogP contribution in [0.4, 0.5) is 8.78 Å². The predicted molar refractivity (Wildman–Crippen MR) is 49.5 cm³/mol. The molecule has 1 aromatic rings.